The van der Waals surface area contributed by atoms with Gasteiger partial charge in [-0.3, -0.25) is 4.79 Å². The van der Waals surface area contributed by atoms with Gasteiger partial charge in [0.1, 0.15) is 0 Å². The number of hydrogen-bond acceptors (Lipinski definition) is 2. The Kier molecular flexibility index (Phi) is 3.71. The van der Waals surface area contributed by atoms with Gasteiger partial charge in [0, 0.05) is 12.6 Å². The molecule has 0 heterocycles. The fourth-order valence-electron chi connectivity index (χ4n) is 0.874. The van der Waals surface area contributed by atoms with E-state index in [9.17, 15) is 4.79 Å². The third kappa shape index (κ3) is 3.22. The minimum absolute atomic E-state index is 0.392. The number of hydrogen-bond donors (Lipinski definition) is 1. The van der Waals surface area contributed by atoms with E-state index in [1.807, 2.05) is 11.9 Å². The van der Waals surface area contributed by atoms with Gasteiger partial charge in [0.05, 0.1) is 5.41 Å². The summed E-state index contributed by atoms with van der Waals surface area (Å²) in [6, 6.07) is 0.392. The summed E-state index contributed by atoms with van der Waals surface area (Å²) in [6.45, 7) is 8.18. The highest BCUT2D eigenvalue weighted by molar-refractivity contribution is 5.73. The lowest BCUT2D eigenvalue weighted by Crippen LogP contribution is -2.40. The average molecular weight is 173 g/mol. The molecule has 1 N–H and O–H groups in total. The van der Waals surface area contributed by atoms with Crippen LogP contribution in [0.5, 0.6) is 0 Å². The van der Waals surface area contributed by atoms with Crippen LogP contribution in [-0.2, 0) is 4.79 Å². The lowest BCUT2D eigenvalue weighted by atomic mass is 9.93. The SMILES string of the molecule is CC(C)N(C)CC(C)(C)C(=O)O. The Morgan fingerprint density at radius 2 is 1.92 bits per heavy atom. The summed E-state index contributed by atoms with van der Waals surface area (Å²) < 4.78 is 0. The van der Waals surface area contributed by atoms with E-state index in [2.05, 4.69) is 13.8 Å². The lowest BCUT2D eigenvalue weighted by Gasteiger charge is -2.29. The second-order valence-electron chi connectivity index (χ2n) is 4.20. The highest BCUT2D eigenvalue weighted by Crippen LogP contribution is 2.17. The van der Waals surface area contributed by atoms with Gasteiger partial charge in [0.25, 0.3) is 0 Å². The van der Waals surface area contributed by atoms with E-state index in [-0.39, 0.29) is 0 Å². The van der Waals surface area contributed by atoms with Crippen molar-refractivity contribution in [3.8, 4) is 0 Å². The van der Waals surface area contributed by atoms with Crippen molar-refractivity contribution in [3.05, 3.63) is 0 Å². The molecule has 3 heteroatoms. The number of carboxylic acid groups (broad SMARTS) is 1. The molecule has 3 nitrogen and oxygen atoms in total. The Bertz CT molecular complexity index is 164. The highest BCUT2D eigenvalue weighted by Gasteiger charge is 2.28. The molecule has 0 fully saturated rings. The zero-order valence-corrected chi connectivity index (χ0v) is 8.59. The minimum atomic E-state index is -0.741. The fourth-order valence-corrected chi connectivity index (χ4v) is 0.874. The largest absolute Gasteiger partial charge is 0.481 e. The van der Waals surface area contributed by atoms with Crippen LogP contribution in [0.3, 0.4) is 0 Å². The van der Waals surface area contributed by atoms with Crippen LogP contribution in [-0.4, -0.2) is 35.6 Å². The highest BCUT2D eigenvalue weighted by atomic mass is 16.4. The second-order valence-corrected chi connectivity index (χ2v) is 4.20. The van der Waals surface area contributed by atoms with Gasteiger partial charge in [-0.15, -0.1) is 0 Å². The van der Waals surface area contributed by atoms with Crippen LogP contribution in [0.25, 0.3) is 0 Å². The third-order valence-corrected chi connectivity index (χ3v) is 2.11. The number of rotatable bonds is 4. The number of carboxylic acids is 1. The van der Waals surface area contributed by atoms with E-state index in [4.69, 9.17) is 5.11 Å². The van der Waals surface area contributed by atoms with E-state index in [0.717, 1.165) is 0 Å². The van der Waals surface area contributed by atoms with Gasteiger partial charge in [0.15, 0.2) is 0 Å². The van der Waals surface area contributed by atoms with Gasteiger partial charge in [-0.1, -0.05) is 0 Å². The van der Waals surface area contributed by atoms with Crippen molar-refractivity contribution in [3.63, 3.8) is 0 Å². The van der Waals surface area contributed by atoms with Crippen molar-refractivity contribution in [1.82, 2.24) is 4.90 Å². The molecule has 72 valence electrons. The topological polar surface area (TPSA) is 40.5 Å². The molecule has 0 atom stereocenters. The van der Waals surface area contributed by atoms with Crippen LogP contribution in [0.4, 0.5) is 0 Å². The van der Waals surface area contributed by atoms with Crippen molar-refractivity contribution in [2.45, 2.75) is 33.7 Å². The molecule has 0 rings (SSSR count). The Balaban J connectivity index is 4.15. The summed E-state index contributed by atoms with van der Waals surface area (Å²) in [5.41, 5.74) is -0.654. The number of carbonyl (C=O) groups is 1. The van der Waals surface area contributed by atoms with Crippen molar-refractivity contribution >= 4 is 5.97 Å². The standard InChI is InChI=1S/C9H19NO2/c1-7(2)10(5)6-9(3,4)8(11)12/h7H,6H2,1-5H3,(H,11,12). The molecule has 0 aliphatic rings. The van der Waals surface area contributed by atoms with Crippen LogP contribution in [0.1, 0.15) is 27.7 Å². The molecule has 0 saturated carbocycles. The number of nitrogens with zero attached hydrogens (tertiary/aromatic N) is 1. The molecular weight excluding hydrogens is 154 g/mol. The van der Waals surface area contributed by atoms with Crippen LogP contribution < -0.4 is 0 Å². The fraction of sp³-hybridized carbons (Fsp3) is 0.889. The van der Waals surface area contributed by atoms with Crippen LogP contribution in [0, 0.1) is 5.41 Å². The smallest absolute Gasteiger partial charge is 0.310 e. The minimum Gasteiger partial charge on any atom is -0.481 e. The van der Waals surface area contributed by atoms with Gasteiger partial charge in [0.2, 0.25) is 0 Å². The molecule has 12 heavy (non-hydrogen) atoms. The van der Waals surface area contributed by atoms with E-state index in [0.29, 0.717) is 12.6 Å². The lowest BCUT2D eigenvalue weighted by molar-refractivity contribution is -0.148. The van der Waals surface area contributed by atoms with Crippen molar-refractivity contribution in [1.29, 1.82) is 0 Å². The molecule has 0 radical (unpaired) electrons. The summed E-state index contributed by atoms with van der Waals surface area (Å²) in [7, 11) is 1.94. The molecule has 0 aromatic heterocycles. The molecule has 0 aliphatic carbocycles. The monoisotopic (exact) mass is 173 g/mol. The third-order valence-electron chi connectivity index (χ3n) is 2.11. The zero-order chi connectivity index (χ0) is 9.94. The Morgan fingerprint density at radius 1 is 1.50 bits per heavy atom. The first kappa shape index (κ1) is 11.4. The first-order valence-electron chi connectivity index (χ1n) is 4.21. The maximum absolute atomic E-state index is 10.8. The predicted octanol–water partition coefficient (Wildman–Crippen LogP) is 1.44. The molecule has 0 aromatic carbocycles. The zero-order valence-electron chi connectivity index (χ0n) is 8.59. The molecular formula is C9H19NO2. The van der Waals surface area contributed by atoms with E-state index < -0.39 is 11.4 Å². The first-order valence-corrected chi connectivity index (χ1v) is 4.21. The van der Waals surface area contributed by atoms with Crippen molar-refractivity contribution in [2.24, 2.45) is 5.41 Å². The molecule has 0 spiro atoms. The average Bonchev–Trinajstić information content (AvgIpc) is 1.85. The molecule has 0 bridgehead atoms. The Morgan fingerprint density at radius 3 is 2.17 bits per heavy atom. The van der Waals surface area contributed by atoms with Gasteiger partial charge >= 0.3 is 5.97 Å². The molecule has 0 aliphatic heterocycles. The van der Waals surface area contributed by atoms with E-state index in [1.54, 1.807) is 13.8 Å². The summed E-state index contributed by atoms with van der Waals surface area (Å²) >= 11 is 0. The summed E-state index contributed by atoms with van der Waals surface area (Å²) in [4.78, 5) is 12.8. The summed E-state index contributed by atoms with van der Waals surface area (Å²) in [5.74, 6) is -0.741. The molecule has 0 saturated heterocycles. The molecule has 0 unspecified atom stereocenters. The quantitative estimate of drug-likeness (QED) is 0.699. The molecule has 0 amide bonds. The first-order chi connectivity index (χ1) is 5.27. The Hall–Kier alpha value is -0.570. The van der Waals surface area contributed by atoms with Crippen molar-refractivity contribution < 1.29 is 9.90 Å². The van der Waals surface area contributed by atoms with E-state index in [1.165, 1.54) is 0 Å². The summed E-state index contributed by atoms with van der Waals surface area (Å²) in [5, 5.41) is 8.85. The van der Waals surface area contributed by atoms with Gasteiger partial charge in [-0.05, 0) is 34.7 Å². The summed E-state index contributed by atoms with van der Waals surface area (Å²) in [6.07, 6.45) is 0. The predicted molar refractivity (Wildman–Crippen MR) is 49.2 cm³/mol. The second kappa shape index (κ2) is 3.90. The Labute approximate surface area is 74.4 Å². The maximum atomic E-state index is 10.8. The van der Waals surface area contributed by atoms with Gasteiger partial charge < -0.3 is 10.0 Å². The van der Waals surface area contributed by atoms with Gasteiger partial charge in [-0.25, -0.2) is 0 Å². The van der Waals surface area contributed by atoms with Gasteiger partial charge in [-0.2, -0.15) is 0 Å². The number of aliphatic carboxylic acids is 1. The normalized spacial score (nSPS) is 12.6. The van der Waals surface area contributed by atoms with Crippen LogP contribution in [0.15, 0.2) is 0 Å². The van der Waals surface area contributed by atoms with E-state index >= 15 is 0 Å². The molecule has 0 aromatic rings. The van der Waals surface area contributed by atoms with Crippen LogP contribution in [0.2, 0.25) is 0 Å². The van der Waals surface area contributed by atoms with Crippen molar-refractivity contribution in [2.75, 3.05) is 13.6 Å². The van der Waals surface area contributed by atoms with Crippen LogP contribution >= 0.6 is 0 Å². The maximum Gasteiger partial charge on any atom is 0.310 e.